The van der Waals surface area contributed by atoms with Gasteiger partial charge in [-0.2, -0.15) is 0 Å². The highest BCUT2D eigenvalue weighted by atomic mass is 19.2. The summed E-state index contributed by atoms with van der Waals surface area (Å²) in [6.07, 6.45) is 16.2. The lowest BCUT2D eigenvalue weighted by atomic mass is 9.77. The Kier molecular flexibility index (Phi) is 7.98. The van der Waals surface area contributed by atoms with Crippen molar-refractivity contribution >= 4 is 6.08 Å². The van der Waals surface area contributed by atoms with Crippen LogP contribution in [0, 0.1) is 29.3 Å². The fourth-order valence-electron chi connectivity index (χ4n) is 5.74. The Hall–Kier alpha value is -2.03. The van der Waals surface area contributed by atoms with E-state index in [0.717, 1.165) is 42.2 Å². The van der Waals surface area contributed by atoms with Crippen LogP contribution in [-0.4, -0.2) is 0 Å². The molecule has 2 aromatic carbocycles. The maximum atomic E-state index is 15.0. The van der Waals surface area contributed by atoms with Crippen LogP contribution in [0.4, 0.5) is 13.2 Å². The van der Waals surface area contributed by atoms with Gasteiger partial charge in [0.2, 0.25) is 0 Å². The number of aryl methyl sites for hydroxylation is 2. The van der Waals surface area contributed by atoms with Crippen molar-refractivity contribution in [1.29, 1.82) is 0 Å². The van der Waals surface area contributed by atoms with Gasteiger partial charge in [0.05, 0.1) is 0 Å². The van der Waals surface area contributed by atoms with Crippen molar-refractivity contribution in [3.05, 3.63) is 64.0 Å². The molecular weight excluding hydrogens is 417 g/mol. The summed E-state index contributed by atoms with van der Waals surface area (Å²) >= 11 is 0. The van der Waals surface area contributed by atoms with E-state index in [1.807, 2.05) is 0 Å². The molecule has 0 bridgehead atoms. The standard InChI is InChI=1S/C30H37F3/c1-3-5-6-20-7-9-21(10-8-20)11-12-22-13-14-24-18-27(28(31)19-25(24)17-22)26-16-15-23(4-2)29(32)30(26)33/h15-21H,3-14H2,1-2H3. The minimum absolute atomic E-state index is 0.00863. The van der Waals surface area contributed by atoms with Gasteiger partial charge in [-0.1, -0.05) is 82.6 Å². The van der Waals surface area contributed by atoms with E-state index < -0.39 is 17.5 Å². The first-order valence-corrected chi connectivity index (χ1v) is 13.0. The van der Waals surface area contributed by atoms with Crippen LogP contribution in [0.1, 0.15) is 94.7 Å². The lowest BCUT2D eigenvalue weighted by Crippen LogP contribution is -2.15. The molecule has 0 radical (unpaired) electrons. The van der Waals surface area contributed by atoms with Gasteiger partial charge >= 0.3 is 0 Å². The van der Waals surface area contributed by atoms with Crippen molar-refractivity contribution in [1.82, 2.24) is 0 Å². The van der Waals surface area contributed by atoms with Gasteiger partial charge in [-0.05, 0) is 72.8 Å². The molecule has 0 atom stereocenters. The van der Waals surface area contributed by atoms with Gasteiger partial charge in [-0.25, -0.2) is 13.2 Å². The summed E-state index contributed by atoms with van der Waals surface area (Å²) in [5.41, 5.74) is 3.79. The average molecular weight is 455 g/mol. The van der Waals surface area contributed by atoms with Gasteiger partial charge in [-0.3, -0.25) is 0 Å². The second kappa shape index (κ2) is 10.9. The van der Waals surface area contributed by atoms with Crippen LogP contribution in [0.5, 0.6) is 0 Å². The fourth-order valence-corrected chi connectivity index (χ4v) is 5.74. The molecule has 3 heteroatoms. The van der Waals surface area contributed by atoms with Crippen LogP contribution in [0.2, 0.25) is 0 Å². The number of hydrogen-bond acceptors (Lipinski definition) is 0. The van der Waals surface area contributed by atoms with E-state index in [4.69, 9.17) is 0 Å². The maximum Gasteiger partial charge on any atom is 0.167 e. The molecule has 2 aromatic rings. The molecule has 178 valence electrons. The van der Waals surface area contributed by atoms with Crippen molar-refractivity contribution in [3.8, 4) is 11.1 Å². The molecule has 0 unspecified atom stereocenters. The number of benzene rings is 2. The maximum absolute atomic E-state index is 15.0. The van der Waals surface area contributed by atoms with Crippen molar-refractivity contribution < 1.29 is 13.2 Å². The van der Waals surface area contributed by atoms with Crippen LogP contribution in [-0.2, 0) is 12.8 Å². The summed E-state index contributed by atoms with van der Waals surface area (Å²) in [5, 5.41) is 0. The van der Waals surface area contributed by atoms with Crippen molar-refractivity contribution in [2.75, 3.05) is 0 Å². The van der Waals surface area contributed by atoms with E-state index in [9.17, 15) is 13.2 Å². The molecule has 0 aliphatic heterocycles. The molecule has 0 N–H and O–H groups in total. The zero-order chi connectivity index (χ0) is 23.4. The number of fused-ring (bicyclic) bond motifs is 1. The summed E-state index contributed by atoms with van der Waals surface area (Å²) < 4.78 is 43.9. The first-order chi connectivity index (χ1) is 16.0. The zero-order valence-electron chi connectivity index (χ0n) is 20.2. The Morgan fingerprint density at radius 1 is 0.818 bits per heavy atom. The molecule has 0 saturated heterocycles. The number of unbranched alkanes of at least 4 members (excludes halogenated alkanes) is 1. The van der Waals surface area contributed by atoms with Gasteiger partial charge in [0.25, 0.3) is 0 Å². The van der Waals surface area contributed by atoms with E-state index in [2.05, 4.69) is 13.0 Å². The molecule has 1 fully saturated rings. The Balaban J connectivity index is 1.42. The highest BCUT2D eigenvalue weighted by Crippen LogP contribution is 2.38. The first-order valence-electron chi connectivity index (χ1n) is 13.0. The lowest BCUT2D eigenvalue weighted by Gasteiger charge is -2.29. The molecule has 0 spiro atoms. The topological polar surface area (TPSA) is 0 Å². The number of hydrogen-bond donors (Lipinski definition) is 0. The molecule has 0 aromatic heterocycles. The molecular formula is C30H37F3. The minimum Gasteiger partial charge on any atom is -0.206 e. The second-order valence-corrected chi connectivity index (χ2v) is 10.2. The largest absolute Gasteiger partial charge is 0.206 e. The smallest absolute Gasteiger partial charge is 0.167 e. The SMILES string of the molecule is CCCCC1CCC(CCC2=Cc3cc(F)c(-c4ccc(CC)c(F)c4F)cc3CC2)CC1. The van der Waals surface area contributed by atoms with Crippen LogP contribution in [0.3, 0.4) is 0 Å². The van der Waals surface area contributed by atoms with Crippen LogP contribution >= 0.6 is 0 Å². The van der Waals surface area contributed by atoms with Gasteiger partial charge in [-0.15, -0.1) is 0 Å². The Morgan fingerprint density at radius 2 is 1.55 bits per heavy atom. The highest BCUT2D eigenvalue weighted by Gasteiger charge is 2.23. The summed E-state index contributed by atoms with van der Waals surface area (Å²) in [7, 11) is 0. The number of rotatable bonds is 8. The minimum atomic E-state index is -0.954. The zero-order valence-corrected chi connectivity index (χ0v) is 20.2. The lowest BCUT2D eigenvalue weighted by molar-refractivity contribution is 0.249. The van der Waals surface area contributed by atoms with E-state index in [1.54, 1.807) is 19.1 Å². The fraction of sp³-hybridized carbons (Fsp3) is 0.533. The predicted octanol–water partition coefficient (Wildman–Crippen LogP) is 9.44. The quantitative estimate of drug-likeness (QED) is 0.372. The van der Waals surface area contributed by atoms with Gasteiger partial charge in [0.1, 0.15) is 5.82 Å². The normalized spacial score (nSPS) is 20.5. The van der Waals surface area contributed by atoms with Crippen LogP contribution in [0.15, 0.2) is 29.8 Å². The molecule has 2 aliphatic carbocycles. The summed E-state index contributed by atoms with van der Waals surface area (Å²) in [6, 6.07) is 6.29. The third kappa shape index (κ3) is 5.55. The number of allylic oxidation sites excluding steroid dienone is 1. The Labute approximate surface area is 197 Å². The molecule has 0 nitrogen and oxygen atoms in total. The number of halogens is 3. The van der Waals surface area contributed by atoms with Crippen LogP contribution in [0.25, 0.3) is 17.2 Å². The molecule has 0 amide bonds. The van der Waals surface area contributed by atoms with Gasteiger partial charge in [0.15, 0.2) is 11.6 Å². The van der Waals surface area contributed by atoms with E-state index in [-0.39, 0.29) is 11.1 Å². The van der Waals surface area contributed by atoms with E-state index in [0.29, 0.717) is 12.0 Å². The molecule has 0 heterocycles. The van der Waals surface area contributed by atoms with Crippen molar-refractivity contribution in [2.24, 2.45) is 11.8 Å². The highest BCUT2D eigenvalue weighted by molar-refractivity contribution is 5.71. The van der Waals surface area contributed by atoms with Gasteiger partial charge < -0.3 is 0 Å². The predicted molar refractivity (Wildman–Crippen MR) is 132 cm³/mol. The molecule has 4 rings (SSSR count). The summed E-state index contributed by atoms with van der Waals surface area (Å²) in [5.74, 6) is -0.540. The monoisotopic (exact) mass is 454 g/mol. The average Bonchev–Trinajstić information content (AvgIpc) is 2.83. The molecule has 33 heavy (non-hydrogen) atoms. The third-order valence-electron chi connectivity index (χ3n) is 7.94. The molecule has 2 aliphatic rings. The Morgan fingerprint density at radius 3 is 2.24 bits per heavy atom. The summed E-state index contributed by atoms with van der Waals surface area (Å²) in [6.45, 7) is 4.05. The van der Waals surface area contributed by atoms with E-state index in [1.165, 1.54) is 69.1 Å². The van der Waals surface area contributed by atoms with Crippen molar-refractivity contribution in [2.45, 2.75) is 90.9 Å². The van der Waals surface area contributed by atoms with Crippen molar-refractivity contribution in [3.63, 3.8) is 0 Å². The summed E-state index contributed by atoms with van der Waals surface area (Å²) in [4.78, 5) is 0. The first kappa shape index (κ1) is 24.1. The Bertz CT molecular complexity index is 996. The van der Waals surface area contributed by atoms with Gasteiger partial charge in [0, 0.05) is 11.1 Å². The molecule has 1 saturated carbocycles. The second-order valence-electron chi connectivity index (χ2n) is 10.2. The van der Waals surface area contributed by atoms with Crippen LogP contribution < -0.4 is 0 Å². The third-order valence-corrected chi connectivity index (χ3v) is 7.94. The van der Waals surface area contributed by atoms with E-state index >= 15 is 0 Å².